The minimum absolute atomic E-state index is 0.0461. The summed E-state index contributed by atoms with van der Waals surface area (Å²) in [6.45, 7) is 0. The van der Waals surface area contributed by atoms with Crippen LogP contribution in [0.15, 0.2) is 36.4 Å². The number of nitro groups is 1. The van der Waals surface area contributed by atoms with Gasteiger partial charge in [0, 0.05) is 0 Å². The molecule has 0 saturated carbocycles. The maximum atomic E-state index is 11.0. The molecule has 0 saturated heterocycles. The summed E-state index contributed by atoms with van der Waals surface area (Å²) in [5, 5.41) is 11.0. The van der Waals surface area contributed by atoms with Crippen molar-refractivity contribution in [1.29, 1.82) is 0 Å². The molecule has 0 radical (unpaired) electrons. The Balaban J connectivity index is 1.99. The molecular weight excluding hydrogens is 341 g/mol. The van der Waals surface area contributed by atoms with Crippen LogP contribution in [0, 0.1) is 10.1 Å². The molecule has 0 atom stereocenters. The van der Waals surface area contributed by atoms with E-state index < -0.39 is 4.92 Å². The fourth-order valence-electron chi connectivity index (χ4n) is 1.83. The number of ether oxygens (including phenoxy) is 2. The van der Waals surface area contributed by atoms with Gasteiger partial charge in [-0.3, -0.25) is 0 Å². The second kappa shape index (κ2) is 5.51. The number of nitrogens with zero attached hydrogens (tertiary/aromatic N) is 3. The summed E-state index contributed by atoms with van der Waals surface area (Å²) < 4.78 is 19.1. The van der Waals surface area contributed by atoms with Crippen LogP contribution in [0.5, 0.6) is 17.2 Å². The third-order valence-electron chi connectivity index (χ3n) is 2.84. The van der Waals surface area contributed by atoms with E-state index in [0.717, 1.165) is 5.75 Å². The Morgan fingerprint density at radius 2 is 1.71 bits per heavy atom. The number of hydrogen-bond donors (Lipinski definition) is 0. The molecule has 2 aromatic carbocycles. The monoisotopic (exact) mass is 351 g/mol. The van der Waals surface area contributed by atoms with Gasteiger partial charge in [-0.2, -0.15) is 0 Å². The predicted molar refractivity (Wildman–Crippen MR) is 76.2 cm³/mol. The molecule has 7 nitrogen and oxygen atoms in total. The summed E-state index contributed by atoms with van der Waals surface area (Å²) in [6, 6.07) is 9.98. The molecule has 0 unspecified atom stereocenters. The number of fused-ring (bicyclic) bond motifs is 1. The molecule has 106 valence electrons. The zero-order chi connectivity index (χ0) is 14.8. The predicted octanol–water partition coefficient (Wildman–Crippen LogP) is 2.40. The van der Waals surface area contributed by atoms with E-state index in [2.05, 4.69) is 7.96 Å². The standard InChI is InChI=1S/C13H9N3O4Se/c1-19-8-2-4-9(5-3-8)20-11-7-6-10(16(17)18)12-13(11)15-21-14-12/h2-7H,1H3. The van der Waals surface area contributed by atoms with Gasteiger partial charge < -0.3 is 0 Å². The van der Waals surface area contributed by atoms with Gasteiger partial charge in [-0.15, -0.1) is 0 Å². The van der Waals surface area contributed by atoms with Crippen molar-refractivity contribution < 1.29 is 14.4 Å². The Kier molecular flexibility index (Phi) is 3.55. The number of benzene rings is 2. The first-order valence-electron chi connectivity index (χ1n) is 5.90. The third-order valence-corrected chi connectivity index (χ3v) is 3.95. The quantitative estimate of drug-likeness (QED) is 0.408. The summed E-state index contributed by atoms with van der Waals surface area (Å²) in [5.41, 5.74) is 0.696. The van der Waals surface area contributed by atoms with E-state index in [-0.39, 0.29) is 20.6 Å². The van der Waals surface area contributed by atoms with Crippen LogP contribution in [-0.2, 0) is 0 Å². The number of non-ortho nitro benzene ring substituents is 1. The molecule has 0 bridgehead atoms. The van der Waals surface area contributed by atoms with Crippen molar-refractivity contribution in [2.24, 2.45) is 0 Å². The van der Waals surface area contributed by atoms with E-state index in [0.29, 0.717) is 22.5 Å². The van der Waals surface area contributed by atoms with Crippen LogP contribution in [0.2, 0.25) is 0 Å². The van der Waals surface area contributed by atoms with Crippen molar-refractivity contribution in [2.45, 2.75) is 0 Å². The SMILES string of the molecule is COc1ccc(Oc2ccc([N+](=O)[O-])c3n[se]nc23)cc1. The van der Waals surface area contributed by atoms with Crippen LogP contribution in [0.25, 0.3) is 11.0 Å². The first kappa shape index (κ1) is 13.5. The molecule has 1 aromatic heterocycles. The second-order valence-electron chi connectivity index (χ2n) is 4.08. The van der Waals surface area contributed by atoms with Crippen molar-refractivity contribution in [1.82, 2.24) is 7.96 Å². The molecule has 3 rings (SSSR count). The van der Waals surface area contributed by atoms with E-state index >= 15 is 0 Å². The average Bonchev–Trinajstić information content (AvgIpc) is 2.98. The van der Waals surface area contributed by atoms with Crippen LogP contribution in [0.4, 0.5) is 5.69 Å². The Morgan fingerprint density at radius 3 is 2.38 bits per heavy atom. The Bertz CT molecular complexity index is 801. The topological polar surface area (TPSA) is 87.4 Å². The van der Waals surface area contributed by atoms with Gasteiger partial charge in [0.15, 0.2) is 0 Å². The van der Waals surface area contributed by atoms with Crippen molar-refractivity contribution in [3.8, 4) is 17.2 Å². The molecule has 1 heterocycles. The molecule has 8 heteroatoms. The van der Waals surface area contributed by atoms with E-state index in [1.165, 1.54) is 6.07 Å². The Labute approximate surface area is 125 Å². The van der Waals surface area contributed by atoms with Crippen LogP contribution in [0.3, 0.4) is 0 Å². The van der Waals surface area contributed by atoms with E-state index in [1.807, 2.05) is 0 Å². The second-order valence-corrected chi connectivity index (χ2v) is 5.19. The molecule has 0 aliphatic rings. The zero-order valence-corrected chi connectivity index (χ0v) is 12.6. The van der Waals surface area contributed by atoms with Crippen molar-refractivity contribution in [2.75, 3.05) is 7.11 Å². The van der Waals surface area contributed by atoms with Gasteiger partial charge >= 0.3 is 125 Å². The summed E-state index contributed by atoms with van der Waals surface area (Å²) >= 11 is -0.369. The van der Waals surface area contributed by atoms with Crippen molar-refractivity contribution in [3.05, 3.63) is 46.5 Å². The summed E-state index contributed by atoms with van der Waals surface area (Å²) in [7, 11) is 1.58. The van der Waals surface area contributed by atoms with Gasteiger partial charge in [0.1, 0.15) is 0 Å². The molecule has 0 amide bonds. The first-order valence-corrected chi connectivity index (χ1v) is 7.44. The molecule has 3 aromatic rings. The van der Waals surface area contributed by atoms with Gasteiger partial charge in [0.05, 0.1) is 0 Å². The van der Waals surface area contributed by atoms with Gasteiger partial charge in [-0.1, -0.05) is 0 Å². The van der Waals surface area contributed by atoms with Crippen LogP contribution >= 0.6 is 0 Å². The Morgan fingerprint density at radius 1 is 1.05 bits per heavy atom. The van der Waals surface area contributed by atoms with Crippen LogP contribution in [0.1, 0.15) is 0 Å². The molecule has 0 N–H and O–H groups in total. The van der Waals surface area contributed by atoms with E-state index in [9.17, 15) is 10.1 Å². The van der Waals surface area contributed by atoms with Crippen molar-refractivity contribution >= 4 is 31.7 Å². The summed E-state index contributed by atoms with van der Waals surface area (Å²) in [4.78, 5) is 10.5. The number of methoxy groups -OCH3 is 1. The molecule has 0 spiro atoms. The molecular formula is C13H9N3O4Se. The Hall–Kier alpha value is -2.44. The van der Waals surface area contributed by atoms with Gasteiger partial charge in [0.2, 0.25) is 0 Å². The summed E-state index contributed by atoms with van der Waals surface area (Å²) in [6.07, 6.45) is 0. The van der Waals surface area contributed by atoms with E-state index in [4.69, 9.17) is 9.47 Å². The molecule has 21 heavy (non-hydrogen) atoms. The van der Waals surface area contributed by atoms with E-state index in [1.54, 1.807) is 37.4 Å². The number of aromatic nitrogens is 2. The number of hydrogen-bond acceptors (Lipinski definition) is 6. The number of nitro benzene ring substituents is 1. The molecule has 0 fully saturated rings. The molecule has 0 aliphatic carbocycles. The van der Waals surface area contributed by atoms with Crippen LogP contribution in [-0.4, -0.2) is 35.0 Å². The average molecular weight is 350 g/mol. The minimum atomic E-state index is -0.462. The first-order chi connectivity index (χ1) is 10.2. The maximum absolute atomic E-state index is 11.0. The van der Waals surface area contributed by atoms with Crippen molar-refractivity contribution in [3.63, 3.8) is 0 Å². The van der Waals surface area contributed by atoms with Crippen LogP contribution < -0.4 is 9.47 Å². The third kappa shape index (κ3) is 2.58. The normalized spacial score (nSPS) is 10.5. The fraction of sp³-hybridized carbons (Fsp3) is 0.0769. The molecule has 0 aliphatic heterocycles. The van der Waals surface area contributed by atoms with Gasteiger partial charge in [-0.25, -0.2) is 0 Å². The zero-order valence-electron chi connectivity index (χ0n) is 10.8. The van der Waals surface area contributed by atoms with Gasteiger partial charge in [0.25, 0.3) is 0 Å². The van der Waals surface area contributed by atoms with Gasteiger partial charge in [-0.05, 0) is 0 Å². The summed E-state index contributed by atoms with van der Waals surface area (Å²) in [5.74, 6) is 1.78. The fourth-order valence-corrected chi connectivity index (χ4v) is 3.01. The number of rotatable bonds is 4.